The summed E-state index contributed by atoms with van der Waals surface area (Å²) in [6.45, 7) is 1.08. The summed E-state index contributed by atoms with van der Waals surface area (Å²) in [4.78, 5) is 11.8. The van der Waals surface area contributed by atoms with Gasteiger partial charge in [0.05, 0.1) is 17.3 Å². The van der Waals surface area contributed by atoms with Crippen molar-refractivity contribution in [3.63, 3.8) is 0 Å². The van der Waals surface area contributed by atoms with Crippen LogP contribution in [0.25, 0.3) is 0 Å². The van der Waals surface area contributed by atoms with Gasteiger partial charge in [-0.05, 0) is 30.9 Å². The Balaban J connectivity index is 1.68. The highest BCUT2D eigenvalue weighted by Crippen LogP contribution is 2.23. The van der Waals surface area contributed by atoms with Crippen LogP contribution in [-0.2, 0) is 4.79 Å². The molecular weight excluding hydrogens is 260 g/mol. The van der Waals surface area contributed by atoms with Crippen molar-refractivity contribution < 1.29 is 4.79 Å². The van der Waals surface area contributed by atoms with Crippen LogP contribution in [0.3, 0.4) is 0 Å². The number of hydrogen-bond donors (Lipinski definition) is 2. The number of para-hydroxylation sites is 1. The van der Waals surface area contributed by atoms with Gasteiger partial charge in [-0.2, -0.15) is 0 Å². The highest BCUT2D eigenvalue weighted by atomic mass is 35.5. The van der Waals surface area contributed by atoms with Gasteiger partial charge in [-0.1, -0.05) is 43.0 Å². The Morgan fingerprint density at radius 1 is 1.21 bits per heavy atom. The topological polar surface area (TPSA) is 41.1 Å². The maximum absolute atomic E-state index is 11.8. The van der Waals surface area contributed by atoms with Crippen LogP contribution in [0.4, 0.5) is 5.69 Å². The van der Waals surface area contributed by atoms with E-state index in [1.54, 1.807) is 0 Å². The van der Waals surface area contributed by atoms with Gasteiger partial charge in [0.25, 0.3) is 0 Å². The quantitative estimate of drug-likeness (QED) is 0.867. The minimum Gasteiger partial charge on any atom is -0.375 e. The van der Waals surface area contributed by atoms with Crippen molar-refractivity contribution in [1.82, 2.24) is 5.32 Å². The van der Waals surface area contributed by atoms with E-state index < -0.39 is 0 Å². The molecule has 0 aromatic heterocycles. The fourth-order valence-corrected chi connectivity index (χ4v) is 2.69. The summed E-state index contributed by atoms with van der Waals surface area (Å²) in [5.74, 6) is 0.698. The Kier molecular flexibility index (Phi) is 5.52. The van der Waals surface area contributed by atoms with Gasteiger partial charge in [-0.15, -0.1) is 0 Å². The van der Waals surface area contributed by atoms with Crippen LogP contribution in [0, 0.1) is 5.92 Å². The number of amides is 1. The standard InChI is InChI=1S/C15H21ClN2O/c16-13-8-4-5-9-14(13)17-11-15(19)18-10-12-6-2-1-3-7-12/h4-5,8-9,12,17H,1-3,6-7,10-11H2,(H,18,19). The number of rotatable bonds is 5. The molecule has 2 N–H and O–H groups in total. The molecule has 104 valence electrons. The summed E-state index contributed by atoms with van der Waals surface area (Å²) >= 11 is 6.01. The van der Waals surface area contributed by atoms with Gasteiger partial charge in [0.1, 0.15) is 0 Å². The molecule has 1 amide bonds. The molecule has 0 unspecified atom stereocenters. The molecule has 4 heteroatoms. The average Bonchev–Trinajstić information content (AvgIpc) is 2.45. The summed E-state index contributed by atoms with van der Waals surface area (Å²) < 4.78 is 0. The molecule has 0 aliphatic heterocycles. The smallest absolute Gasteiger partial charge is 0.239 e. The van der Waals surface area contributed by atoms with E-state index in [1.165, 1.54) is 32.1 Å². The maximum Gasteiger partial charge on any atom is 0.239 e. The molecule has 0 spiro atoms. The third kappa shape index (κ3) is 4.75. The van der Waals surface area contributed by atoms with Gasteiger partial charge in [-0.3, -0.25) is 4.79 Å². The predicted molar refractivity (Wildman–Crippen MR) is 79.5 cm³/mol. The molecule has 1 aromatic rings. The van der Waals surface area contributed by atoms with Crippen molar-refractivity contribution in [2.24, 2.45) is 5.92 Å². The number of hydrogen-bond acceptors (Lipinski definition) is 2. The van der Waals surface area contributed by atoms with Crippen LogP contribution in [0.15, 0.2) is 24.3 Å². The lowest BCUT2D eigenvalue weighted by molar-refractivity contribution is -0.119. The number of carbonyl (C=O) groups excluding carboxylic acids is 1. The summed E-state index contributed by atoms with van der Waals surface area (Å²) in [7, 11) is 0. The lowest BCUT2D eigenvalue weighted by Crippen LogP contribution is -2.34. The van der Waals surface area contributed by atoms with Crippen molar-refractivity contribution in [2.75, 3.05) is 18.4 Å². The number of benzene rings is 1. The van der Waals surface area contributed by atoms with Crippen molar-refractivity contribution in [1.29, 1.82) is 0 Å². The van der Waals surface area contributed by atoms with Crippen LogP contribution in [0.1, 0.15) is 32.1 Å². The fraction of sp³-hybridized carbons (Fsp3) is 0.533. The second-order valence-corrected chi connectivity index (χ2v) is 5.55. The molecule has 0 radical (unpaired) electrons. The van der Waals surface area contributed by atoms with Crippen molar-refractivity contribution in [3.05, 3.63) is 29.3 Å². The summed E-state index contributed by atoms with van der Waals surface area (Å²) in [5.41, 5.74) is 0.803. The molecule has 0 atom stereocenters. The molecule has 0 bridgehead atoms. The normalized spacial score (nSPS) is 16.1. The Morgan fingerprint density at radius 2 is 1.95 bits per heavy atom. The van der Waals surface area contributed by atoms with E-state index in [4.69, 9.17) is 11.6 Å². The van der Waals surface area contributed by atoms with E-state index in [-0.39, 0.29) is 12.5 Å². The van der Waals surface area contributed by atoms with Gasteiger partial charge in [-0.25, -0.2) is 0 Å². The summed E-state index contributed by atoms with van der Waals surface area (Å²) in [5, 5.41) is 6.70. The second-order valence-electron chi connectivity index (χ2n) is 5.14. The van der Waals surface area contributed by atoms with Crippen LogP contribution in [0.2, 0.25) is 5.02 Å². The molecule has 1 saturated carbocycles. The third-order valence-corrected chi connectivity index (χ3v) is 3.96. The zero-order chi connectivity index (χ0) is 13.5. The number of carbonyl (C=O) groups is 1. The largest absolute Gasteiger partial charge is 0.375 e. The molecule has 0 saturated heterocycles. The van der Waals surface area contributed by atoms with Crippen LogP contribution in [0.5, 0.6) is 0 Å². The van der Waals surface area contributed by atoms with Crippen LogP contribution in [-0.4, -0.2) is 19.0 Å². The van der Waals surface area contributed by atoms with Crippen molar-refractivity contribution >= 4 is 23.2 Å². The molecule has 2 rings (SSSR count). The molecule has 1 aromatic carbocycles. The Labute approximate surface area is 119 Å². The monoisotopic (exact) mass is 280 g/mol. The SMILES string of the molecule is O=C(CNc1ccccc1Cl)NCC1CCCCC1. The summed E-state index contributed by atoms with van der Waals surface area (Å²) in [6, 6.07) is 7.45. The van der Waals surface area contributed by atoms with Crippen LogP contribution >= 0.6 is 11.6 Å². The lowest BCUT2D eigenvalue weighted by Gasteiger charge is -2.21. The first-order valence-corrected chi connectivity index (χ1v) is 7.38. The van der Waals surface area contributed by atoms with Gasteiger partial charge in [0.2, 0.25) is 5.91 Å². The molecule has 1 fully saturated rings. The first-order valence-electron chi connectivity index (χ1n) is 7.01. The fourth-order valence-electron chi connectivity index (χ4n) is 2.49. The lowest BCUT2D eigenvalue weighted by atomic mass is 9.89. The second kappa shape index (κ2) is 7.39. The number of anilines is 1. The van der Waals surface area contributed by atoms with Crippen molar-refractivity contribution in [2.45, 2.75) is 32.1 Å². The van der Waals surface area contributed by atoms with Crippen LogP contribution < -0.4 is 10.6 Å². The van der Waals surface area contributed by atoms with Gasteiger partial charge in [0, 0.05) is 6.54 Å². The van der Waals surface area contributed by atoms with E-state index in [0.29, 0.717) is 10.9 Å². The zero-order valence-corrected chi connectivity index (χ0v) is 11.9. The molecule has 1 aliphatic carbocycles. The molecular formula is C15H21ClN2O. The Morgan fingerprint density at radius 3 is 2.68 bits per heavy atom. The van der Waals surface area contributed by atoms with Crippen molar-refractivity contribution in [3.8, 4) is 0 Å². The van der Waals surface area contributed by atoms with E-state index in [9.17, 15) is 4.79 Å². The van der Waals surface area contributed by atoms with Gasteiger partial charge >= 0.3 is 0 Å². The zero-order valence-electron chi connectivity index (χ0n) is 11.1. The van der Waals surface area contributed by atoms with Gasteiger partial charge in [0.15, 0.2) is 0 Å². The van der Waals surface area contributed by atoms with E-state index in [0.717, 1.165) is 12.2 Å². The minimum atomic E-state index is 0.0329. The highest BCUT2D eigenvalue weighted by molar-refractivity contribution is 6.33. The molecule has 19 heavy (non-hydrogen) atoms. The molecule has 3 nitrogen and oxygen atoms in total. The molecule has 1 aliphatic rings. The number of halogens is 1. The van der Waals surface area contributed by atoms with E-state index in [2.05, 4.69) is 10.6 Å². The van der Waals surface area contributed by atoms with Gasteiger partial charge < -0.3 is 10.6 Å². The highest BCUT2D eigenvalue weighted by Gasteiger charge is 2.14. The van der Waals surface area contributed by atoms with E-state index in [1.807, 2.05) is 24.3 Å². The average molecular weight is 281 g/mol. The molecule has 0 heterocycles. The minimum absolute atomic E-state index is 0.0329. The first-order chi connectivity index (χ1) is 9.25. The third-order valence-electron chi connectivity index (χ3n) is 3.63. The Bertz CT molecular complexity index is 416. The summed E-state index contributed by atoms with van der Waals surface area (Å²) in [6.07, 6.45) is 6.45. The predicted octanol–water partition coefficient (Wildman–Crippen LogP) is 3.45. The van der Waals surface area contributed by atoms with E-state index >= 15 is 0 Å². The number of nitrogens with one attached hydrogen (secondary N) is 2. The first kappa shape index (κ1) is 14.2. The Hall–Kier alpha value is -1.22. The maximum atomic E-state index is 11.8.